The van der Waals surface area contributed by atoms with Crippen LogP contribution in [-0.4, -0.2) is 43.3 Å². The molecule has 1 unspecified atom stereocenters. The molecule has 2 rings (SSSR count). The van der Waals surface area contributed by atoms with Crippen LogP contribution in [0.15, 0.2) is 24.3 Å². The number of hydrogen-bond donors (Lipinski definition) is 1. The van der Waals surface area contributed by atoms with Crippen molar-refractivity contribution in [2.45, 2.75) is 44.4 Å². The molecule has 1 saturated heterocycles. The smallest absolute Gasteiger partial charge is 0.118 e. The van der Waals surface area contributed by atoms with Crippen LogP contribution in [0.2, 0.25) is 0 Å². The summed E-state index contributed by atoms with van der Waals surface area (Å²) < 4.78 is 11.1. The lowest BCUT2D eigenvalue weighted by molar-refractivity contribution is -0.115. The molecule has 4 heteroatoms. The Morgan fingerprint density at radius 2 is 1.95 bits per heavy atom. The van der Waals surface area contributed by atoms with Crippen molar-refractivity contribution in [2.24, 2.45) is 5.73 Å². The molecule has 0 aliphatic carbocycles. The first-order chi connectivity index (χ1) is 9.91. The van der Waals surface area contributed by atoms with Gasteiger partial charge in [0.1, 0.15) is 5.75 Å². The Labute approximate surface area is 128 Å². The van der Waals surface area contributed by atoms with Crippen LogP contribution in [0.1, 0.15) is 32.3 Å². The van der Waals surface area contributed by atoms with Gasteiger partial charge in [0.25, 0.3) is 0 Å². The highest BCUT2D eigenvalue weighted by molar-refractivity contribution is 5.27. The third kappa shape index (κ3) is 3.76. The minimum absolute atomic E-state index is 0.0156. The van der Waals surface area contributed by atoms with Gasteiger partial charge in [0.15, 0.2) is 0 Å². The topological polar surface area (TPSA) is 47.7 Å². The SMILES string of the molecule is COc1ccc(CN(C)C2(CN)CCOC(C)(C)C2)cc1. The monoisotopic (exact) mass is 292 g/mol. The highest BCUT2D eigenvalue weighted by Gasteiger charge is 2.42. The molecule has 0 bridgehead atoms. The second-order valence-corrected chi connectivity index (χ2v) is 6.67. The van der Waals surface area contributed by atoms with E-state index in [9.17, 15) is 0 Å². The van der Waals surface area contributed by atoms with Crippen molar-refractivity contribution in [3.63, 3.8) is 0 Å². The number of hydrogen-bond acceptors (Lipinski definition) is 4. The molecule has 118 valence electrons. The Morgan fingerprint density at radius 1 is 1.29 bits per heavy atom. The van der Waals surface area contributed by atoms with Crippen molar-refractivity contribution in [1.29, 1.82) is 0 Å². The van der Waals surface area contributed by atoms with Gasteiger partial charge < -0.3 is 15.2 Å². The van der Waals surface area contributed by atoms with Crippen LogP contribution in [0.3, 0.4) is 0 Å². The van der Waals surface area contributed by atoms with Gasteiger partial charge in [-0.25, -0.2) is 0 Å². The molecule has 0 amide bonds. The molecule has 4 nitrogen and oxygen atoms in total. The van der Waals surface area contributed by atoms with Crippen LogP contribution >= 0.6 is 0 Å². The predicted octanol–water partition coefficient (Wildman–Crippen LogP) is 2.41. The summed E-state index contributed by atoms with van der Waals surface area (Å²) in [5.74, 6) is 0.891. The molecule has 1 aliphatic heterocycles. The maximum absolute atomic E-state index is 6.14. The summed E-state index contributed by atoms with van der Waals surface area (Å²) in [6.45, 7) is 6.62. The van der Waals surface area contributed by atoms with Gasteiger partial charge in [0.05, 0.1) is 12.7 Å². The van der Waals surface area contributed by atoms with E-state index in [0.29, 0.717) is 6.54 Å². The molecule has 1 aromatic rings. The van der Waals surface area contributed by atoms with Crippen molar-refractivity contribution >= 4 is 0 Å². The van der Waals surface area contributed by atoms with E-state index in [1.54, 1.807) is 7.11 Å². The molecule has 0 saturated carbocycles. The minimum atomic E-state index is -0.105. The van der Waals surface area contributed by atoms with Gasteiger partial charge in [-0.05, 0) is 51.4 Å². The number of rotatable bonds is 5. The summed E-state index contributed by atoms with van der Waals surface area (Å²) in [5, 5.41) is 0. The largest absolute Gasteiger partial charge is 0.497 e. The first-order valence-electron chi connectivity index (χ1n) is 7.59. The summed E-state index contributed by atoms with van der Waals surface area (Å²) in [6, 6.07) is 8.24. The summed E-state index contributed by atoms with van der Waals surface area (Å²) in [7, 11) is 3.85. The zero-order chi connectivity index (χ0) is 15.5. The zero-order valence-electron chi connectivity index (χ0n) is 13.7. The standard InChI is InChI=1S/C17H28N2O2/c1-16(2)12-17(13-18,9-10-21-16)19(3)11-14-5-7-15(20-4)8-6-14/h5-8H,9-13,18H2,1-4H3. The Kier molecular flexibility index (Phi) is 4.91. The molecule has 0 aromatic heterocycles. The van der Waals surface area contributed by atoms with Crippen LogP contribution in [0.25, 0.3) is 0 Å². The Hall–Kier alpha value is -1.10. The number of likely N-dealkylation sites (N-methyl/N-ethyl adjacent to an activating group) is 1. The van der Waals surface area contributed by atoms with E-state index in [0.717, 1.165) is 31.7 Å². The summed E-state index contributed by atoms with van der Waals surface area (Å²) in [4.78, 5) is 2.39. The quantitative estimate of drug-likeness (QED) is 0.905. The van der Waals surface area contributed by atoms with Crippen LogP contribution in [0.5, 0.6) is 5.75 Å². The maximum atomic E-state index is 6.14. The fourth-order valence-electron chi connectivity index (χ4n) is 3.28. The van der Waals surface area contributed by atoms with Crippen LogP contribution < -0.4 is 10.5 Å². The lowest BCUT2D eigenvalue weighted by Gasteiger charge is -2.49. The molecule has 21 heavy (non-hydrogen) atoms. The van der Waals surface area contributed by atoms with Gasteiger partial charge in [-0.1, -0.05) is 12.1 Å². The number of nitrogens with two attached hydrogens (primary N) is 1. The molecule has 1 atom stereocenters. The van der Waals surface area contributed by atoms with E-state index < -0.39 is 0 Å². The Bertz CT molecular complexity index is 458. The van der Waals surface area contributed by atoms with Gasteiger partial charge in [-0.15, -0.1) is 0 Å². The van der Waals surface area contributed by atoms with Crippen LogP contribution in [0, 0.1) is 0 Å². The third-order valence-corrected chi connectivity index (χ3v) is 4.58. The number of ether oxygens (including phenoxy) is 2. The third-order valence-electron chi connectivity index (χ3n) is 4.58. The minimum Gasteiger partial charge on any atom is -0.497 e. The molecule has 0 radical (unpaired) electrons. The van der Waals surface area contributed by atoms with E-state index in [-0.39, 0.29) is 11.1 Å². The molecule has 1 aliphatic rings. The molecule has 2 N–H and O–H groups in total. The van der Waals surface area contributed by atoms with Crippen molar-refractivity contribution in [1.82, 2.24) is 4.90 Å². The van der Waals surface area contributed by atoms with Crippen LogP contribution in [-0.2, 0) is 11.3 Å². The molecule has 1 aromatic carbocycles. The van der Waals surface area contributed by atoms with Gasteiger partial charge in [-0.3, -0.25) is 4.90 Å². The lowest BCUT2D eigenvalue weighted by Crippen LogP contribution is -2.59. The average Bonchev–Trinajstić information content (AvgIpc) is 2.46. The number of methoxy groups -OCH3 is 1. The normalized spacial score (nSPS) is 25.0. The molecular formula is C17H28N2O2. The van der Waals surface area contributed by atoms with Crippen LogP contribution in [0.4, 0.5) is 0 Å². The zero-order valence-corrected chi connectivity index (χ0v) is 13.7. The van der Waals surface area contributed by atoms with Gasteiger partial charge in [0.2, 0.25) is 0 Å². The van der Waals surface area contributed by atoms with E-state index in [1.807, 2.05) is 12.1 Å². The average molecular weight is 292 g/mol. The highest BCUT2D eigenvalue weighted by atomic mass is 16.5. The van der Waals surface area contributed by atoms with Crippen molar-refractivity contribution in [3.05, 3.63) is 29.8 Å². The van der Waals surface area contributed by atoms with Crippen molar-refractivity contribution in [3.8, 4) is 5.75 Å². The van der Waals surface area contributed by atoms with E-state index >= 15 is 0 Å². The Morgan fingerprint density at radius 3 is 2.48 bits per heavy atom. The first kappa shape index (κ1) is 16.3. The highest BCUT2D eigenvalue weighted by Crippen LogP contribution is 2.36. The lowest BCUT2D eigenvalue weighted by atomic mass is 9.80. The number of benzene rings is 1. The summed E-state index contributed by atoms with van der Waals surface area (Å²) in [6.07, 6.45) is 1.95. The van der Waals surface area contributed by atoms with Crippen molar-refractivity contribution < 1.29 is 9.47 Å². The second-order valence-electron chi connectivity index (χ2n) is 6.67. The fourth-order valence-corrected chi connectivity index (χ4v) is 3.28. The molecule has 1 heterocycles. The summed E-state index contributed by atoms with van der Waals surface area (Å²) in [5.41, 5.74) is 7.33. The molecule has 1 fully saturated rings. The fraction of sp³-hybridized carbons (Fsp3) is 0.647. The molecule has 0 spiro atoms. The van der Waals surface area contributed by atoms with Crippen molar-refractivity contribution in [2.75, 3.05) is 27.3 Å². The van der Waals surface area contributed by atoms with E-state index in [4.69, 9.17) is 15.2 Å². The van der Waals surface area contributed by atoms with E-state index in [2.05, 4.69) is 37.9 Å². The van der Waals surface area contributed by atoms with Gasteiger partial charge in [-0.2, -0.15) is 0 Å². The Balaban J connectivity index is 2.10. The number of nitrogens with zero attached hydrogens (tertiary/aromatic N) is 1. The first-order valence-corrected chi connectivity index (χ1v) is 7.59. The second kappa shape index (κ2) is 6.34. The molecular weight excluding hydrogens is 264 g/mol. The summed E-state index contributed by atoms with van der Waals surface area (Å²) >= 11 is 0. The predicted molar refractivity (Wildman–Crippen MR) is 85.5 cm³/mol. The van der Waals surface area contributed by atoms with Gasteiger partial charge in [0, 0.05) is 25.2 Å². The van der Waals surface area contributed by atoms with E-state index in [1.165, 1.54) is 5.56 Å². The maximum Gasteiger partial charge on any atom is 0.118 e. The van der Waals surface area contributed by atoms with Gasteiger partial charge >= 0.3 is 0 Å².